The van der Waals surface area contributed by atoms with E-state index in [4.69, 9.17) is 11.5 Å². The normalized spacial score (nSPS) is 32.9. The van der Waals surface area contributed by atoms with Crippen molar-refractivity contribution >= 4 is 27.4 Å². The number of hydrogen-bond donors (Lipinski definition) is 3. The zero-order chi connectivity index (χ0) is 21.9. The predicted octanol–water partition coefficient (Wildman–Crippen LogP) is 2.21. The standard InChI is InChI=1S/C22H31N3O4S/c1-21(2,25-30(28,29)18-6-4-3-5-17(18)23)19(26)9-16-14-7-13-8-15(16)12-22(10-13,11-14)20(24)27/h3-6,13-16,25H,7-12,23H2,1-2H3,(H2,24,27). The number of rotatable bonds is 7. The minimum Gasteiger partial charge on any atom is -0.398 e. The van der Waals surface area contributed by atoms with E-state index >= 15 is 0 Å². The van der Waals surface area contributed by atoms with Gasteiger partial charge in [0.1, 0.15) is 4.90 Å². The van der Waals surface area contributed by atoms with E-state index in [1.807, 2.05) is 0 Å². The second kappa shape index (κ2) is 7.05. The Labute approximate surface area is 178 Å². The number of benzene rings is 1. The molecule has 0 aliphatic heterocycles. The number of ketones is 1. The number of nitrogens with one attached hydrogen (secondary N) is 1. The number of nitrogens with two attached hydrogens (primary N) is 2. The zero-order valence-electron chi connectivity index (χ0n) is 17.6. The minimum atomic E-state index is -3.93. The van der Waals surface area contributed by atoms with E-state index < -0.39 is 21.0 Å². The van der Waals surface area contributed by atoms with Gasteiger partial charge < -0.3 is 11.5 Å². The summed E-state index contributed by atoms with van der Waals surface area (Å²) in [5, 5.41) is 0. The van der Waals surface area contributed by atoms with Crippen molar-refractivity contribution in [1.82, 2.24) is 4.72 Å². The Morgan fingerprint density at radius 3 is 2.30 bits per heavy atom. The van der Waals surface area contributed by atoms with Gasteiger partial charge in [-0.15, -0.1) is 0 Å². The molecular formula is C22H31N3O4S. The number of carbonyl (C=O) groups is 2. The summed E-state index contributed by atoms with van der Waals surface area (Å²) in [6.07, 6.45) is 4.81. The maximum Gasteiger partial charge on any atom is 0.243 e. The Morgan fingerprint density at radius 1 is 1.13 bits per heavy atom. The average molecular weight is 434 g/mol. The highest BCUT2D eigenvalue weighted by Gasteiger charge is 2.58. The van der Waals surface area contributed by atoms with Crippen molar-refractivity contribution in [2.75, 3.05) is 5.73 Å². The molecular weight excluding hydrogens is 402 g/mol. The Hall–Kier alpha value is -1.93. The van der Waals surface area contributed by atoms with Crippen LogP contribution in [0, 0.1) is 29.1 Å². The lowest BCUT2D eigenvalue weighted by molar-refractivity contribution is -0.152. The van der Waals surface area contributed by atoms with Crippen molar-refractivity contribution in [3.05, 3.63) is 24.3 Å². The molecule has 0 spiro atoms. The van der Waals surface area contributed by atoms with Gasteiger partial charge in [-0.3, -0.25) is 9.59 Å². The number of anilines is 1. The van der Waals surface area contributed by atoms with Crippen LogP contribution in [0.4, 0.5) is 5.69 Å². The van der Waals surface area contributed by atoms with E-state index in [9.17, 15) is 18.0 Å². The SMILES string of the molecule is CC(C)(NS(=O)(=O)c1ccccc1N)C(=O)CC1C2CC3CC1CC(C(N)=O)(C3)C2. The fourth-order valence-corrected chi connectivity index (χ4v) is 7.94. The summed E-state index contributed by atoms with van der Waals surface area (Å²) in [4.78, 5) is 25.3. The lowest BCUT2D eigenvalue weighted by Crippen LogP contribution is -2.57. The van der Waals surface area contributed by atoms with Gasteiger partial charge in [0.05, 0.1) is 11.2 Å². The van der Waals surface area contributed by atoms with Crippen LogP contribution in [-0.4, -0.2) is 25.6 Å². The summed E-state index contributed by atoms with van der Waals surface area (Å²) >= 11 is 0. The first-order valence-electron chi connectivity index (χ1n) is 10.7. The topological polar surface area (TPSA) is 132 Å². The molecule has 1 amide bonds. The molecule has 0 aromatic heterocycles. The van der Waals surface area contributed by atoms with E-state index in [0.717, 1.165) is 32.1 Å². The van der Waals surface area contributed by atoms with Crippen molar-refractivity contribution in [1.29, 1.82) is 0 Å². The number of Topliss-reactive ketones (excluding diaryl/α,β-unsaturated/α-hetero) is 1. The van der Waals surface area contributed by atoms with Crippen molar-refractivity contribution in [3.63, 3.8) is 0 Å². The lowest BCUT2D eigenvalue weighted by Gasteiger charge is -2.59. The van der Waals surface area contributed by atoms with Gasteiger partial charge in [0.25, 0.3) is 0 Å². The quantitative estimate of drug-likeness (QED) is 0.567. The highest BCUT2D eigenvalue weighted by atomic mass is 32.2. The summed E-state index contributed by atoms with van der Waals surface area (Å²) in [5.74, 6) is 1.00. The number of para-hydroxylation sites is 1. The van der Waals surface area contributed by atoms with Crippen molar-refractivity contribution < 1.29 is 18.0 Å². The van der Waals surface area contributed by atoms with E-state index in [-0.39, 0.29) is 28.2 Å². The molecule has 2 unspecified atom stereocenters. The van der Waals surface area contributed by atoms with Crippen LogP contribution in [0.15, 0.2) is 29.2 Å². The smallest absolute Gasteiger partial charge is 0.243 e. The summed E-state index contributed by atoms with van der Waals surface area (Å²) < 4.78 is 28.2. The maximum absolute atomic E-state index is 13.2. The molecule has 7 nitrogen and oxygen atoms in total. The number of nitrogen functional groups attached to an aromatic ring is 1. The molecule has 0 saturated heterocycles. The molecule has 0 heterocycles. The molecule has 4 saturated carbocycles. The van der Waals surface area contributed by atoms with Gasteiger partial charge in [0.2, 0.25) is 15.9 Å². The second-order valence-corrected chi connectivity index (χ2v) is 11.8. The van der Waals surface area contributed by atoms with Gasteiger partial charge in [-0.1, -0.05) is 12.1 Å². The number of hydrogen-bond acceptors (Lipinski definition) is 5. The van der Waals surface area contributed by atoms with Crippen molar-refractivity contribution in [2.24, 2.45) is 34.8 Å². The van der Waals surface area contributed by atoms with Crippen LogP contribution in [0.2, 0.25) is 0 Å². The second-order valence-electron chi connectivity index (χ2n) is 10.2. The van der Waals surface area contributed by atoms with E-state index in [2.05, 4.69) is 4.72 Å². The van der Waals surface area contributed by atoms with E-state index in [1.165, 1.54) is 12.1 Å². The fraction of sp³-hybridized carbons (Fsp3) is 0.636. The van der Waals surface area contributed by atoms with Crippen molar-refractivity contribution in [2.45, 2.75) is 62.8 Å². The average Bonchev–Trinajstić information content (AvgIpc) is 2.63. The highest BCUT2D eigenvalue weighted by molar-refractivity contribution is 7.89. The van der Waals surface area contributed by atoms with E-state index in [1.54, 1.807) is 26.0 Å². The first-order chi connectivity index (χ1) is 13.9. The molecule has 30 heavy (non-hydrogen) atoms. The summed E-state index contributed by atoms with van der Waals surface area (Å²) in [6.45, 7) is 3.21. The maximum atomic E-state index is 13.2. The van der Waals surface area contributed by atoms with Crippen LogP contribution in [0.25, 0.3) is 0 Å². The molecule has 4 aliphatic rings. The van der Waals surface area contributed by atoms with Gasteiger partial charge in [-0.05, 0) is 81.8 Å². The zero-order valence-corrected chi connectivity index (χ0v) is 18.4. The molecule has 4 fully saturated rings. The molecule has 5 N–H and O–H groups in total. The first kappa shape index (κ1) is 21.3. The Balaban J connectivity index is 1.49. The third kappa shape index (κ3) is 3.54. The number of carbonyl (C=O) groups excluding carboxylic acids is 2. The minimum absolute atomic E-state index is 0.0242. The monoisotopic (exact) mass is 433 g/mol. The Kier molecular flexibility index (Phi) is 5.01. The Morgan fingerprint density at radius 2 is 1.73 bits per heavy atom. The van der Waals surface area contributed by atoms with Crippen LogP contribution < -0.4 is 16.2 Å². The van der Waals surface area contributed by atoms with Gasteiger partial charge in [0, 0.05) is 11.8 Å². The molecule has 4 bridgehead atoms. The van der Waals surface area contributed by atoms with Crippen LogP contribution in [-0.2, 0) is 19.6 Å². The van der Waals surface area contributed by atoms with Gasteiger partial charge in [0.15, 0.2) is 5.78 Å². The summed E-state index contributed by atoms with van der Waals surface area (Å²) in [7, 11) is -3.93. The van der Waals surface area contributed by atoms with Crippen LogP contribution in [0.3, 0.4) is 0 Å². The fourth-order valence-electron chi connectivity index (χ4n) is 6.41. The third-order valence-electron chi connectivity index (χ3n) is 7.71. The van der Waals surface area contributed by atoms with Gasteiger partial charge >= 0.3 is 0 Å². The third-order valence-corrected chi connectivity index (χ3v) is 9.44. The molecule has 1 aromatic carbocycles. The van der Waals surface area contributed by atoms with Crippen LogP contribution in [0.1, 0.15) is 52.4 Å². The molecule has 164 valence electrons. The molecule has 0 radical (unpaired) electrons. The molecule has 4 aliphatic carbocycles. The largest absolute Gasteiger partial charge is 0.398 e. The summed E-state index contributed by atoms with van der Waals surface area (Å²) in [6, 6.07) is 6.21. The predicted molar refractivity (Wildman–Crippen MR) is 114 cm³/mol. The van der Waals surface area contributed by atoms with Crippen LogP contribution >= 0.6 is 0 Å². The Bertz CT molecular complexity index is 972. The number of primary amides is 1. The highest BCUT2D eigenvalue weighted by Crippen LogP contribution is 2.62. The molecule has 1 aromatic rings. The number of amides is 1. The molecule has 5 rings (SSSR count). The lowest BCUT2D eigenvalue weighted by atomic mass is 9.45. The molecule has 8 heteroatoms. The number of sulfonamides is 1. The van der Waals surface area contributed by atoms with Crippen molar-refractivity contribution in [3.8, 4) is 0 Å². The van der Waals surface area contributed by atoms with Gasteiger partial charge in [-0.2, -0.15) is 4.72 Å². The van der Waals surface area contributed by atoms with Gasteiger partial charge in [-0.25, -0.2) is 8.42 Å². The van der Waals surface area contributed by atoms with Crippen LogP contribution in [0.5, 0.6) is 0 Å². The summed E-state index contributed by atoms with van der Waals surface area (Å²) in [5.41, 5.74) is 10.1. The molecule has 2 atom stereocenters. The van der Waals surface area contributed by atoms with E-state index in [0.29, 0.717) is 24.2 Å². The first-order valence-corrected chi connectivity index (χ1v) is 12.1.